The van der Waals surface area contributed by atoms with Crippen LogP contribution in [0.3, 0.4) is 0 Å². The topological polar surface area (TPSA) is 38.3 Å². The molecule has 1 aromatic rings. The first kappa shape index (κ1) is 10.8. The van der Waals surface area contributed by atoms with E-state index in [4.69, 9.17) is 0 Å². The number of amides is 1. The van der Waals surface area contributed by atoms with E-state index in [2.05, 4.69) is 10.1 Å². The zero-order chi connectivity index (χ0) is 11.8. The van der Waals surface area contributed by atoms with Crippen molar-refractivity contribution in [2.45, 2.75) is 12.2 Å². The first-order valence-electron chi connectivity index (χ1n) is 4.58. The normalized spacial score (nSPS) is 20.4. The largest absolute Gasteiger partial charge is 0.447 e. The van der Waals surface area contributed by atoms with Crippen LogP contribution >= 0.6 is 0 Å². The third-order valence-corrected chi connectivity index (χ3v) is 2.31. The van der Waals surface area contributed by atoms with Crippen molar-refractivity contribution in [2.24, 2.45) is 0 Å². The molecule has 0 bridgehead atoms. The van der Waals surface area contributed by atoms with Gasteiger partial charge in [0.05, 0.1) is 11.6 Å². The summed E-state index contributed by atoms with van der Waals surface area (Å²) >= 11 is 0. The van der Waals surface area contributed by atoms with Gasteiger partial charge in [-0.25, -0.2) is 4.79 Å². The Labute approximate surface area is 89.2 Å². The summed E-state index contributed by atoms with van der Waals surface area (Å²) in [6.07, 6.45) is -5.12. The van der Waals surface area contributed by atoms with E-state index < -0.39 is 23.9 Å². The molecule has 0 aliphatic carbocycles. The zero-order valence-electron chi connectivity index (χ0n) is 8.04. The molecule has 1 amide bonds. The minimum absolute atomic E-state index is 0.0286. The number of alkyl carbamates (subject to hydrolysis) is 1. The smallest absolute Gasteiger partial charge is 0.416 e. The number of rotatable bonds is 1. The van der Waals surface area contributed by atoms with E-state index >= 15 is 0 Å². The van der Waals surface area contributed by atoms with E-state index in [9.17, 15) is 18.0 Å². The van der Waals surface area contributed by atoms with Crippen LogP contribution in [0.1, 0.15) is 17.2 Å². The Morgan fingerprint density at radius 1 is 1.31 bits per heavy atom. The van der Waals surface area contributed by atoms with E-state index in [1.807, 2.05) is 0 Å². The first-order chi connectivity index (χ1) is 7.48. The second kappa shape index (κ2) is 3.70. The van der Waals surface area contributed by atoms with Gasteiger partial charge in [0.1, 0.15) is 6.61 Å². The van der Waals surface area contributed by atoms with E-state index in [1.54, 1.807) is 0 Å². The zero-order valence-corrected chi connectivity index (χ0v) is 8.04. The SMILES string of the molecule is O=C1N[C@@H](c2ccccc2C(F)(F)F)CO1. The molecule has 1 atom stereocenters. The molecule has 1 aromatic carbocycles. The summed E-state index contributed by atoms with van der Waals surface area (Å²) < 4.78 is 42.5. The Balaban J connectivity index is 2.37. The maximum atomic E-state index is 12.6. The van der Waals surface area contributed by atoms with Gasteiger partial charge in [0.25, 0.3) is 0 Å². The number of nitrogens with one attached hydrogen (secondary N) is 1. The average Bonchev–Trinajstić information content (AvgIpc) is 2.64. The number of halogens is 3. The lowest BCUT2D eigenvalue weighted by Crippen LogP contribution is -2.21. The standard InChI is InChI=1S/C10H8F3NO2/c11-10(12,13)7-4-2-1-3-6(7)8-5-16-9(15)14-8/h1-4,8H,5H2,(H,14,15)/t8-/m1/s1. The molecule has 1 aliphatic rings. The molecular weight excluding hydrogens is 223 g/mol. The van der Waals surface area contributed by atoms with Crippen LogP contribution in [0.15, 0.2) is 24.3 Å². The summed E-state index contributed by atoms with van der Waals surface area (Å²) in [6, 6.07) is 4.40. The summed E-state index contributed by atoms with van der Waals surface area (Å²) in [5.41, 5.74) is -0.716. The van der Waals surface area contributed by atoms with Gasteiger partial charge in [-0.3, -0.25) is 0 Å². The van der Waals surface area contributed by atoms with Gasteiger partial charge in [-0.2, -0.15) is 13.2 Å². The molecule has 1 fully saturated rings. The van der Waals surface area contributed by atoms with Crippen molar-refractivity contribution in [1.29, 1.82) is 0 Å². The Morgan fingerprint density at radius 2 is 2.00 bits per heavy atom. The lowest BCUT2D eigenvalue weighted by atomic mass is 10.0. The van der Waals surface area contributed by atoms with Crippen LogP contribution in [0.4, 0.5) is 18.0 Å². The number of carbonyl (C=O) groups is 1. The highest BCUT2D eigenvalue weighted by atomic mass is 19.4. The van der Waals surface area contributed by atoms with E-state index in [0.29, 0.717) is 0 Å². The van der Waals surface area contributed by atoms with Crippen molar-refractivity contribution in [1.82, 2.24) is 5.32 Å². The Hall–Kier alpha value is -1.72. The third-order valence-electron chi connectivity index (χ3n) is 2.31. The molecule has 0 unspecified atom stereocenters. The fourth-order valence-electron chi connectivity index (χ4n) is 1.61. The number of benzene rings is 1. The maximum Gasteiger partial charge on any atom is 0.416 e. The number of hydrogen-bond acceptors (Lipinski definition) is 2. The van der Waals surface area contributed by atoms with Gasteiger partial charge < -0.3 is 10.1 Å². The molecule has 2 rings (SSSR count). The Morgan fingerprint density at radius 3 is 2.56 bits per heavy atom. The molecule has 6 heteroatoms. The van der Waals surface area contributed by atoms with Crippen molar-refractivity contribution < 1.29 is 22.7 Å². The van der Waals surface area contributed by atoms with Crippen LogP contribution in [0.5, 0.6) is 0 Å². The third kappa shape index (κ3) is 1.95. The van der Waals surface area contributed by atoms with Crippen LogP contribution in [0.2, 0.25) is 0 Å². The number of carbonyl (C=O) groups excluding carboxylic acids is 1. The van der Waals surface area contributed by atoms with E-state index in [0.717, 1.165) is 6.07 Å². The summed E-state index contributed by atoms with van der Waals surface area (Å²) in [5.74, 6) is 0. The van der Waals surface area contributed by atoms with Gasteiger partial charge in [-0.1, -0.05) is 18.2 Å². The van der Waals surface area contributed by atoms with E-state index in [1.165, 1.54) is 18.2 Å². The van der Waals surface area contributed by atoms with Crippen LogP contribution in [-0.4, -0.2) is 12.7 Å². The number of cyclic esters (lactones) is 1. The molecule has 16 heavy (non-hydrogen) atoms. The monoisotopic (exact) mass is 231 g/mol. The van der Waals surface area contributed by atoms with Gasteiger partial charge in [0.2, 0.25) is 0 Å². The van der Waals surface area contributed by atoms with Gasteiger partial charge in [-0.15, -0.1) is 0 Å². The number of alkyl halides is 3. The molecule has 1 saturated heterocycles. The quantitative estimate of drug-likeness (QED) is 0.806. The van der Waals surface area contributed by atoms with Crippen LogP contribution in [-0.2, 0) is 10.9 Å². The van der Waals surface area contributed by atoms with Crippen molar-refractivity contribution in [3.8, 4) is 0 Å². The van der Waals surface area contributed by atoms with Crippen LogP contribution in [0.25, 0.3) is 0 Å². The molecule has 1 N–H and O–H groups in total. The Bertz CT molecular complexity index is 417. The summed E-state index contributed by atoms with van der Waals surface area (Å²) in [4.78, 5) is 10.8. The minimum Gasteiger partial charge on any atom is -0.447 e. The highest BCUT2D eigenvalue weighted by Gasteiger charge is 2.37. The van der Waals surface area contributed by atoms with Crippen molar-refractivity contribution in [3.05, 3.63) is 35.4 Å². The molecule has 0 saturated carbocycles. The first-order valence-corrected chi connectivity index (χ1v) is 4.58. The molecule has 1 aliphatic heterocycles. The van der Waals surface area contributed by atoms with Gasteiger partial charge in [0.15, 0.2) is 0 Å². The van der Waals surface area contributed by atoms with Gasteiger partial charge in [-0.05, 0) is 11.6 Å². The van der Waals surface area contributed by atoms with Crippen LogP contribution in [0, 0.1) is 0 Å². The molecule has 86 valence electrons. The minimum atomic E-state index is -4.43. The summed E-state index contributed by atoms with van der Waals surface area (Å²) in [7, 11) is 0. The second-order valence-corrected chi connectivity index (χ2v) is 3.38. The summed E-state index contributed by atoms with van der Waals surface area (Å²) in [6.45, 7) is -0.0775. The predicted octanol–water partition coefficient (Wildman–Crippen LogP) is 2.49. The lowest BCUT2D eigenvalue weighted by Gasteiger charge is -2.15. The predicted molar refractivity (Wildman–Crippen MR) is 48.7 cm³/mol. The highest BCUT2D eigenvalue weighted by molar-refractivity contribution is 5.70. The highest BCUT2D eigenvalue weighted by Crippen LogP contribution is 2.35. The molecular formula is C10H8F3NO2. The van der Waals surface area contributed by atoms with Crippen molar-refractivity contribution >= 4 is 6.09 Å². The number of ether oxygens (including phenoxy) is 1. The second-order valence-electron chi connectivity index (χ2n) is 3.38. The fourth-order valence-corrected chi connectivity index (χ4v) is 1.61. The maximum absolute atomic E-state index is 12.6. The fraction of sp³-hybridized carbons (Fsp3) is 0.300. The summed E-state index contributed by atoms with van der Waals surface area (Å²) in [5, 5.41) is 2.32. The average molecular weight is 231 g/mol. The van der Waals surface area contributed by atoms with Crippen molar-refractivity contribution in [2.75, 3.05) is 6.61 Å². The van der Waals surface area contributed by atoms with Gasteiger partial charge >= 0.3 is 12.3 Å². The Kier molecular flexibility index (Phi) is 2.49. The van der Waals surface area contributed by atoms with E-state index in [-0.39, 0.29) is 12.2 Å². The number of hydrogen-bond donors (Lipinski definition) is 1. The van der Waals surface area contributed by atoms with Crippen LogP contribution < -0.4 is 5.32 Å². The molecule has 3 nitrogen and oxygen atoms in total. The van der Waals surface area contributed by atoms with Crippen molar-refractivity contribution in [3.63, 3.8) is 0 Å². The van der Waals surface area contributed by atoms with Gasteiger partial charge in [0, 0.05) is 0 Å². The molecule has 1 heterocycles. The lowest BCUT2D eigenvalue weighted by molar-refractivity contribution is -0.138. The molecule has 0 spiro atoms. The molecule has 0 radical (unpaired) electrons. The molecule has 0 aromatic heterocycles.